The number of hydrogen-bond acceptors (Lipinski definition) is 6. The Labute approximate surface area is 233 Å². The van der Waals surface area contributed by atoms with Crippen molar-refractivity contribution in [2.24, 2.45) is 0 Å². The lowest BCUT2D eigenvalue weighted by Gasteiger charge is -2.42. The first-order valence-corrected chi connectivity index (χ1v) is 14.2. The van der Waals surface area contributed by atoms with Crippen molar-refractivity contribution >= 4 is 52.3 Å². The fraction of sp³-hybridized carbons (Fsp3) is 0.708. The Bertz CT molecular complexity index is 939. The van der Waals surface area contributed by atoms with Crippen LogP contribution in [0.2, 0.25) is 5.02 Å². The number of halogens is 3. The number of benzene rings is 1. The van der Waals surface area contributed by atoms with Gasteiger partial charge in [0, 0.05) is 44.8 Å². The van der Waals surface area contributed by atoms with Crippen LogP contribution in [0.25, 0.3) is 0 Å². The standard InChI is InChI=1S/C24H37ClN4O4S.2ClH/c1-26-12-9-20(10-13-26)27-14-16-28(17-15-27)24(30)19-33-18-21-6-4-5-11-29(21)34(31,32)23-8-3-2-7-22(23)25;;/h2-3,7-8,20-21H,4-6,9-19H2,1H3;2*1H. The minimum absolute atomic E-state index is 0. The predicted octanol–water partition coefficient (Wildman–Crippen LogP) is 2.98. The molecule has 1 aromatic carbocycles. The zero-order valence-electron chi connectivity index (χ0n) is 20.9. The molecule has 1 aromatic rings. The Morgan fingerprint density at radius 1 is 0.972 bits per heavy atom. The van der Waals surface area contributed by atoms with E-state index in [1.807, 2.05) is 4.90 Å². The number of sulfonamides is 1. The molecule has 206 valence electrons. The maximum absolute atomic E-state index is 13.2. The molecule has 0 bridgehead atoms. The van der Waals surface area contributed by atoms with Crippen molar-refractivity contribution in [1.29, 1.82) is 0 Å². The highest BCUT2D eigenvalue weighted by atomic mass is 35.5. The lowest BCUT2D eigenvalue weighted by Crippen LogP contribution is -2.54. The highest BCUT2D eigenvalue weighted by Gasteiger charge is 2.35. The number of carbonyl (C=O) groups excluding carboxylic acids is 1. The van der Waals surface area contributed by atoms with Crippen LogP contribution in [0.3, 0.4) is 0 Å². The average molecular weight is 586 g/mol. The van der Waals surface area contributed by atoms with E-state index in [0.29, 0.717) is 19.0 Å². The van der Waals surface area contributed by atoms with Crippen LogP contribution in [0.4, 0.5) is 0 Å². The van der Waals surface area contributed by atoms with Gasteiger partial charge >= 0.3 is 0 Å². The second kappa shape index (κ2) is 14.5. The fourth-order valence-corrected chi connectivity index (χ4v) is 7.48. The second-order valence-electron chi connectivity index (χ2n) is 9.66. The van der Waals surface area contributed by atoms with E-state index in [1.54, 1.807) is 24.3 Å². The minimum Gasteiger partial charge on any atom is -0.370 e. The zero-order chi connectivity index (χ0) is 24.1. The van der Waals surface area contributed by atoms with Crippen LogP contribution in [0, 0.1) is 0 Å². The molecule has 0 aliphatic carbocycles. The molecule has 3 aliphatic heterocycles. The van der Waals surface area contributed by atoms with Crippen molar-refractivity contribution in [2.45, 2.75) is 49.1 Å². The summed E-state index contributed by atoms with van der Waals surface area (Å²) in [6, 6.07) is 6.87. The van der Waals surface area contributed by atoms with Crippen LogP contribution in [0.5, 0.6) is 0 Å². The van der Waals surface area contributed by atoms with E-state index in [4.69, 9.17) is 16.3 Å². The van der Waals surface area contributed by atoms with Crippen LogP contribution in [0.1, 0.15) is 32.1 Å². The highest BCUT2D eigenvalue weighted by Crippen LogP contribution is 2.29. The first-order chi connectivity index (χ1) is 16.4. The number of hydrogen-bond donors (Lipinski definition) is 0. The van der Waals surface area contributed by atoms with Gasteiger partial charge in [-0.2, -0.15) is 4.31 Å². The Morgan fingerprint density at radius 2 is 1.64 bits per heavy atom. The summed E-state index contributed by atoms with van der Waals surface area (Å²) in [5, 5.41) is 0.224. The number of likely N-dealkylation sites (tertiary alicyclic amines) is 1. The second-order valence-corrected chi connectivity index (χ2v) is 11.9. The first-order valence-electron chi connectivity index (χ1n) is 12.4. The molecule has 0 radical (unpaired) electrons. The smallest absolute Gasteiger partial charge is 0.248 e. The van der Waals surface area contributed by atoms with E-state index in [1.165, 1.54) is 17.1 Å². The molecule has 1 amide bonds. The van der Waals surface area contributed by atoms with E-state index >= 15 is 0 Å². The van der Waals surface area contributed by atoms with Crippen LogP contribution in [-0.2, 0) is 19.6 Å². The molecule has 0 spiro atoms. The van der Waals surface area contributed by atoms with Crippen molar-refractivity contribution in [3.05, 3.63) is 29.3 Å². The van der Waals surface area contributed by atoms with Gasteiger partial charge < -0.3 is 14.5 Å². The Morgan fingerprint density at radius 3 is 2.31 bits per heavy atom. The maximum atomic E-state index is 13.2. The van der Waals surface area contributed by atoms with E-state index in [9.17, 15) is 13.2 Å². The van der Waals surface area contributed by atoms with E-state index in [0.717, 1.165) is 52.1 Å². The third kappa shape index (κ3) is 7.69. The molecule has 0 N–H and O–H groups in total. The molecule has 0 aromatic heterocycles. The number of piperazine rings is 1. The molecule has 3 fully saturated rings. The molecule has 12 heteroatoms. The Balaban J connectivity index is 0.00000228. The first kappa shape index (κ1) is 31.6. The molecule has 4 rings (SSSR count). The monoisotopic (exact) mass is 584 g/mol. The van der Waals surface area contributed by atoms with Gasteiger partial charge in [-0.1, -0.05) is 30.2 Å². The molecular weight excluding hydrogens is 547 g/mol. The molecule has 3 saturated heterocycles. The number of amides is 1. The number of carbonyl (C=O) groups is 1. The number of nitrogens with zero attached hydrogens (tertiary/aromatic N) is 4. The molecular formula is C24H39Cl3N4O4S. The summed E-state index contributed by atoms with van der Waals surface area (Å²) in [5.41, 5.74) is 0. The molecule has 1 atom stereocenters. The van der Waals surface area contributed by atoms with Gasteiger partial charge in [0.1, 0.15) is 11.5 Å². The molecule has 3 aliphatic rings. The third-order valence-electron chi connectivity index (χ3n) is 7.40. The molecule has 8 nitrogen and oxygen atoms in total. The van der Waals surface area contributed by atoms with Crippen LogP contribution >= 0.6 is 36.4 Å². The average Bonchev–Trinajstić information content (AvgIpc) is 2.85. The van der Waals surface area contributed by atoms with Gasteiger partial charge in [-0.05, 0) is 58.0 Å². The summed E-state index contributed by atoms with van der Waals surface area (Å²) < 4.78 is 33.8. The summed E-state index contributed by atoms with van der Waals surface area (Å²) in [4.78, 5) is 19.6. The van der Waals surface area contributed by atoms with Gasteiger partial charge in [0.05, 0.1) is 11.6 Å². The Kier molecular flexibility index (Phi) is 12.7. The van der Waals surface area contributed by atoms with Crippen molar-refractivity contribution in [3.8, 4) is 0 Å². The summed E-state index contributed by atoms with van der Waals surface area (Å²) >= 11 is 6.18. The van der Waals surface area contributed by atoms with Gasteiger partial charge in [-0.15, -0.1) is 24.8 Å². The lowest BCUT2D eigenvalue weighted by atomic mass is 10.0. The number of piperidine rings is 2. The minimum atomic E-state index is -3.72. The fourth-order valence-electron chi connectivity index (χ4n) is 5.31. The van der Waals surface area contributed by atoms with E-state index in [2.05, 4.69) is 16.8 Å². The normalized spacial score (nSPS) is 23.1. The van der Waals surface area contributed by atoms with Gasteiger partial charge in [0.15, 0.2) is 0 Å². The van der Waals surface area contributed by atoms with Gasteiger partial charge in [-0.3, -0.25) is 9.69 Å². The highest BCUT2D eigenvalue weighted by molar-refractivity contribution is 7.89. The van der Waals surface area contributed by atoms with E-state index < -0.39 is 10.0 Å². The van der Waals surface area contributed by atoms with Gasteiger partial charge in [0.2, 0.25) is 15.9 Å². The largest absolute Gasteiger partial charge is 0.370 e. The third-order valence-corrected chi connectivity index (χ3v) is 9.86. The number of rotatable bonds is 7. The van der Waals surface area contributed by atoms with Crippen molar-refractivity contribution < 1.29 is 17.9 Å². The van der Waals surface area contributed by atoms with Crippen molar-refractivity contribution in [1.82, 2.24) is 19.0 Å². The maximum Gasteiger partial charge on any atom is 0.248 e. The van der Waals surface area contributed by atoms with Gasteiger partial charge in [-0.25, -0.2) is 8.42 Å². The summed E-state index contributed by atoms with van der Waals surface area (Å²) in [7, 11) is -1.54. The molecule has 0 saturated carbocycles. The molecule has 3 heterocycles. The lowest BCUT2D eigenvalue weighted by molar-refractivity contribution is -0.138. The summed E-state index contributed by atoms with van der Waals surface area (Å²) in [6.07, 6.45) is 4.86. The zero-order valence-corrected chi connectivity index (χ0v) is 24.1. The van der Waals surface area contributed by atoms with Gasteiger partial charge in [0.25, 0.3) is 0 Å². The SMILES string of the molecule is CN1CCC(N2CCN(C(=O)COCC3CCCCN3S(=O)(=O)c3ccccc3Cl)CC2)CC1.Cl.Cl. The molecule has 1 unspecified atom stereocenters. The van der Waals surface area contributed by atoms with Crippen molar-refractivity contribution in [3.63, 3.8) is 0 Å². The summed E-state index contributed by atoms with van der Waals surface area (Å²) in [5.74, 6) is -0.0145. The quantitative estimate of drug-likeness (QED) is 0.490. The van der Waals surface area contributed by atoms with Crippen LogP contribution < -0.4 is 0 Å². The van der Waals surface area contributed by atoms with Crippen molar-refractivity contribution in [2.75, 3.05) is 66.1 Å². The predicted molar refractivity (Wildman–Crippen MR) is 147 cm³/mol. The summed E-state index contributed by atoms with van der Waals surface area (Å²) in [6.45, 7) is 6.20. The topological polar surface area (TPSA) is 73.4 Å². The van der Waals surface area contributed by atoms with Crippen LogP contribution in [0.15, 0.2) is 29.2 Å². The number of ether oxygens (including phenoxy) is 1. The van der Waals surface area contributed by atoms with Crippen LogP contribution in [-0.4, -0.2) is 111 Å². The van der Waals surface area contributed by atoms with E-state index in [-0.39, 0.29) is 59.9 Å². The molecule has 36 heavy (non-hydrogen) atoms. The Hall–Kier alpha value is -0.650.